The molecule has 0 spiro atoms. The molecule has 2 bridgehead atoms. The lowest BCUT2D eigenvalue weighted by Gasteiger charge is -2.44. The Kier molecular flexibility index (Phi) is 4.90. The topological polar surface area (TPSA) is 32.7 Å². The van der Waals surface area contributed by atoms with Crippen LogP contribution in [0, 0.1) is 18.2 Å². The SMILES string of the molecule is C#CCOc1ccc(CN2[C@H]3CC[C@H]2CC(O)(c2cccc(F)c2)C3)cc1. The van der Waals surface area contributed by atoms with Crippen LogP contribution in [0.15, 0.2) is 48.5 Å². The van der Waals surface area contributed by atoms with Gasteiger partial charge in [-0.15, -0.1) is 6.42 Å². The van der Waals surface area contributed by atoms with Crippen LogP contribution in [0.1, 0.15) is 36.8 Å². The zero-order valence-corrected chi connectivity index (χ0v) is 15.3. The number of halogens is 1. The van der Waals surface area contributed by atoms with Crippen molar-refractivity contribution in [2.45, 2.75) is 49.9 Å². The Bertz CT molecular complexity index is 828. The highest BCUT2D eigenvalue weighted by Gasteiger charge is 2.48. The maximum Gasteiger partial charge on any atom is 0.148 e. The molecule has 1 N–H and O–H groups in total. The zero-order valence-electron chi connectivity index (χ0n) is 15.3. The number of benzene rings is 2. The van der Waals surface area contributed by atoms with E-state index in [0.29, 0.717) is 30.5 Å². The van der Waals surface area contributed by atoms with Gasteiger partial charge in [-0.1, -0.05) is 30.2 Å². The summed E-state index contributed by atoms with van der Waals surface area (Å²) < 4.78 is 19.1. The van der Waals surface area contributed by atoms with Gasteiger partial charge in [-0.2, -0.15) is 0 Å². The standard InChI is InChI=1S/C23H24FNO2/c1-2-12-27-22-10-6-17(7-11-22)16-25-20-8-9-21(25)15-23(26,14-20)18-4-3-5-19(24)13-18/h1,3-7,10-11,13,20-21,26H,8-9,12,14-16H2/t20-,21-/m0/s1. The first-order valence-corrected chi connectivity index (χ1v) is 9.47. The quantitative estimate of drug-likeness (QED) is 0.817. The van der Waals surface area contributed by atoms with Crippen LogP contribution in [0.4, 0.5) is 4.39 Å². The first-order valence-electron chi connectivity index (χ1n) is 9.47. The van der Waals surface area contributed by atoms with E-state index >= 15 is 0 Å². The number of rotatable bonds is 5. The summed E-state index contributed by atoms with van der Waals surface area (Å²) in [5.74, 6) is 2.95. The van der Waals surface area contributed by atoms with Crippen LogP contribution < -0.4 is 4.74 Å². The van der Waals surface area contributed by atoms with E-state index < -0.39 is 5.60 Å². The second-order valence-electron chi connectivity index (χ2n) is 7.64. The van der Waals surface area contributed by atoms with Crippen LogP contribution in [0.3, 0.4) is 0 Å². The summed E-state index contributed by atoms with van der Waals surface area (Å²) in [7, 11) is 0. The van der Waals surface area contributed by atoms with Crippen molar-refractivity contribution in [2.75, 3.05) is 6.61 Å². The first-order chi connectivity index (χ1) is 13.1. The fraction of sp³-hybridized carbons (Fsp3) is 0.391. The number of ether oxygens (including phenoxy) is 1. The molecule has 2 atom stereocenters. The van der Waals surface area contributed by atoms with Gasteiger partial charge in [-0.3, -0.25) is 4.90 Å². The Hall–Kier alpha value is -2.35. The van der Waals surface area contributed by atoms with E-state index in [9.17, 15) is 9.50 Å². The minimum atomic E-state index is -0.933. The predicted octanol–water partition coefficient (Wildman–Crippen LogP) is 3.85. The molecule has 140 valence electrons. The van der Waals surface area contributed by atoms with Crippen molar-refractivity contribution in [2.24, 2.45) is 0 Å². The molecule has 2 aliphatic heterocycles. The Morgan fingerprint density at radius 3 is 2.48 bits per heavy atom. The highest BCUT2D eigenvalue weighted by molar-refractivity contribution is 5.29. The van der Waals surface area contributed by atoms with Crippen molar-refractivity contribution < 1.29 is 14.2 Å². The molecule has 2 aliphatic rings. The van der Waals surface area contributed by atoms with Gasteiger partial charge < -0.3 is 9.84 Å². The minimum Gasteiger partial charge on any atom is -0.481 e. The predicted molar refractivity (Wildman–Crippen MR) is 103 cm³/mol. The van der Waals surface area contributed by atoms with Gasteiger partial charge in [0.05, 0.1) is 5.60 Å². The second kappa shape index (κ2) is 7.34. The largest absolute Gasteiger partial charge is 0.481 e. The van der Waals surface area contributed by atoms with E-state index in [1.54, 1.807) is 6.07 Å². The average Bonchev–Trinajstić information content (AvgIpc) is 2.91. The molecule has 2 heterocycles. The molecule has 0 amide bonds. The smallest absolute Gasteiger partial charge is 0.148 e. The summed E-state index contributed by atoms with van der Waals surface area (Å²) in [4.78, 5) is 2.49. The number of nitrogens with zero attached hydrogens (tertiary/aromatic N) is 1. The van der Waals surface area contributed by atoms with Crippen LogP contribution in [-0.4, -0.2) is 28.7 Å². The molecule has 0 saturated carbocycles. The van der Waals surface area contributed by atoms with Gasteiger partial charge in [-0.05, 0) is 61.1 Å². The number of hydrogen-bond acceptors (Lipinski definition) is 3. The van der Waals surface area contributed by atoms with Gasteiger partial charge in [0.15, 0.2) is 0 Å². The zero-order chi connectivity index (χ0) is 18.9. The van der Waals surface area contributed by atoms with Crippen molar-refractivity contribution in [3.05, 3.63) is 65.5 Å². The molecule has 2 saturated heterocycles. The van der Waals surface area contributed by atoms with Crippen LogP contribution in [-0.2, 0) is 12.1 Å². The van der Waals surface area contributed by atoms with Crippen molar-refractivity contribution in [1.82, 2.24) is 4.90 Å². The molecule has 3 nitrogen and oxygen atoms in total. The molecule has 2 fully saturated rings. The van der Waals surface area contributed by atoms with E-state index in [1.165, 1.54) is 17.7 Å². The molecule has 0 radical (unpaired) electrons. The van der Waals surface area contributed by atoms with Crippen LogP contribution in [0.5, 0.6) is 5.75 Å². The van der Waals surface area contributed by atoms with Gasteiger partial charge in [-0.25, -0.2) is 4.39 Å². The Labute approximate surface area is 159 Å². The van der Waals surface area contributed by atoms with Crippen LogP contribution in [0.2, 0.25) is 0 Å². The molecule has 2 aromatic rings. The maximum absolute atomic E-state index is 13.6. The molecular weight excluding hydrogens is 341 g/mol. The Morgan fingerprint density at radius 1 is 1.15 bits per heavy atom. The molecule has 0 aromatic heterocycles. The molecular formula is C23H24FNO2. The molecule has 4 rings (SSSR count). The maximum atomic E-state index is 13.6. The van der Waals surface area contributed by atoms with Gasteiger partial charge in [0.2, 0.25) is 0 Å². The van der Waals surface area contributed by atoms with Crippen LogP contribution in [0.25, 0.3) is 0 Å². The van der Waals surface area contributed by atoms with E-state index in [2.05, 4.69) is 23.0 Å². The fourth-order valence-corrected chi connectivity index (χ4v) is 4.61. The number of fused-ring (bicyclic) bond motifs is 2. The van der Waals surface area contributed by atoms with Crippen molar-refractivity contribution in [3.63, 3.8) is 0 Å². The van der Waals surface area contributed by atoms with Gasteiger partial charge in [0, 0.05) is 18.6 Å². The van der Waals surface area contributed by atoms with E-state index in [4.69, 9.17) is 11.2 Å². The van der Waals surface area contributed by atoms with E-state index in [0.717, 1.165) is 25.1 Å². The highest BCUT2D eigenvalue weighted by atomic mass is 19.1. The lowest BCUT2D eigenvalue weighted by Crippen LogP contribution is -2.49. The minimum absolute atomic E-state index is 0.272. The summed E-state index contributed by atoms with van der Waals surface area (Å²) in [6.07, 6.45) is 8.67. The van der Waals surface area contributed by atoms with Gasteiger partial charge in [0.1, 0.15) is 18.2 Å². The van der Waals surface area contributed by atoms with Crippen molar-refractivity contribution in [3.8, 4) is 18.1 Å². The Balaban J connectivity index is 1.46. The average molecular weight is 365 g/mol. The monoisotopic (exact) mass is 365 g/mol. The third-order valence-electron chi connectivity index (χ3n) is 5.89. The molecule has 2 aromatic carbocycles. The van der Waals surface area contributed by atoms with Crippen molar-refractivity contribution in [1.29, 1.82) is 0 Å². The summed E-state index contributed by atoms with van der Waals surface area (Å²) >= 11 is 0. The summed E-state index contributed by atoms with van der Waals surface area (Å²) in [6.45, 7) is 1.12. The molecule has 4 heteroatoms. The highest BCUT2D eigenvalue weighted by Crippen LogP contribution is 2.46. The van der Waals surface area contributed by atoms with Crippen LogP contribution >= 0.6 is 0 Å². The number of piperidine rings is 1. The third-order valence-corrected chi connectivity index (χ3v) is 5.89. The molecule has 0 aliphatic carbocycles. The Morgan fingerprint density at radius 2 is 1.85 bits per heavy atom. The molecule has 27 heavy (non-hydrogen) atoms. The summed E-state index contributed by atoms with van der Waals surface area (Å²) in [5.41, 5.74) is 0.988. The summed E-state index contributed by atoms with van der Waals surface area (Å²) in [6, 6.07) is 15.1. The van der Waals surface area contributed by atoms with Crippen molar-refractivity contribution >= 4 is 0 Å². The molecule has 0 unspecified atom stereocenters. The van der Waals surface area contributed by atoms with Gasteiger partial charge >= 0.3 is 0 Å². The summed E-state index contributed by atoms with van der Waals surface area (Å²) in [5, 5.41) is 11.2. The number of aliphatic hydroxyl groups is 1. The lowest BCUT2D eigenvalue weighted by atomic mass is 9.80. The first kappa shape index (κ1) is 18.0. The fourth-order valence-electron chi connectivity index (χ4n) is 4.61. The van der Waals surface area contributed by atoms with E-state index in [-0.39, 0.29) is 12.4 Å². The van der Waals surface area contributed by atoms with E-state index in [1.807, 2.05) is 18.2 Å². The number of terminal acetylenes is 1. The second-order valence-corrected chi connectivity index (χ2v) is 7.64. The number of hydrogen-bond donors (Lipinski definition) is 1. The normalized spacial score (nSPS) is 27.3. The van der Waals surface area contributed by atoms with Gasteiger partial charge in [0.25, 0.3) is 0 Å². The third kappa shape index (κ3) is 3.71. The lowest BCUT2D eigenvalue weighted by molar-refractivity contribution is -0.0596.